The number of alkyl halides is 1. The minimum Gasteiger partial charge on any atom is -0.411 e. The summed E-state index contributed by atoms with van der Waals surface area (Å²) in [5.41, 5.74) is 0.259. The molecule has 0 saturated carbocycles. The first kappa shape index (κ1) is 14.1. The highest BCUT2D eigenvalue weighted by molar-refractivity contribution is 9.11. The average molecular weight is 288 g/mol. The molecule has 0 aliphatic heterocycles. The lowest BCUT2D eigenvalue weighted by Gasteiger charge is -2.21. The van der Waals surface area contributed by atoms with Crippen molar-refractivity contribution >= 4 is 29.2 Å². The second kappa shape index (κ2) is 6.56. The Kier molecular flexibility index (Phi) is 6.61. The third-order valence-corrected chi connectivity index (χ3v) is 5.73. The van der Waals surface area contributed by atoms with Gasteiger partial charge in [-0.05, 0) is 20.8 Å². The molecular formula is C7H15BrNO4P. The molecule has 0 amide bonds. The Morgan fingerprint density at radius 3 is 2.21 bits per heavy atom. The quantitative estimate of drug-likeness (QED) is 0.268. The van der Waals surface area contributed by atoms with E-state index in [1.54, 1.807) is 13.8 Å². The van der Waals surface area contributed by atoms with Gasteiger partial charge in [0.15, 0.2) is 4.57 Å². The fourth-order valence-electron chi connectivity index (χ4n) is 0.805. The Hall–Kier alpha value is 0.100. The van der Waals surface area contributed by atoms with Gasteiger partial charge >= 0.3 is 7.60 Å². The summed E-state index contributed by atoms with van der Waals surface area (Å²) in [7, 11) is -3.26. The molecule has 1 atom stereocenters. The molecule has 0 fully saturated rings. The molecule has 0 aliphatic rings. The van der Waals surface area contributed by atoms with Crippen molar-refractivity contribution < 1.29 is 18.8 Å². The standard InChI is InChI=1S/C7H15BrNO4P/c1-4-12-14(11,13-5-2)7(8)6(3)9-10/h7,10H,4-5H2,1-3H3/b9-6-/t7-/m0/s1. The van der Waals surface area contributed by atoms with Crippen LogP contribution in [0.3, 0.4) is 0 Å². The first-order chi connectivity index (χ1) is 6.51. The molecule has 0 unspecified atom stereocenters. The molecule has 5 nitrogen and oxygen atoms in total. The number of rotatable bonds is 6. The van der Waals surface area contributed by atoms with Crippen molar-refractivity contribution in [3.8, 4) is 0 Å². The van der Waals surface area contributed by atoms with Crippen LogP contribution >= 0.6 is 23.5 Å². The zero-order valence-electron chi connectivity index (χ0n) is 8.44. The Morgan fingerprint density at radius 2 is 1.93 bits per heavy atom. The molecule has 0 aromatic rings. The molecule has 0 rings (SSSR count). The smallest absolute Gasteiger partial charge is 0.349 e. The highest BCUT2D eigenvalue weighted by atomic mass is 79.9. The van der Waals surface area contributed by atoms with E-state index in [2.05, 4.69) is 21.1 Å². The molecule has 14 heavy (non-hydrogen) atoms. The van der Waals surface area contributed by atoms with Crippen LogP contribution in [0.15, 0.2) is 5.16 Å². The number of hydrogen-bond donors (Lipinski definition) is 1. The van der Waals surface area contributed by atoms with Gasteiger partial charge in [0.05, 0.1) is 18.9 Å². The average Bonchev–Trinajstić information content (AvgIpc) is 2.16. The van der Waals surface area contributed by atoms with Crippen molar-refractivity contribution in [2.75, 3.05) is 13.2 Å². The summed E-state index contributed by atoms with van der Waals surface area (Å²) in [6.07, 6.45) is 0. The monoisotopic (exact) mass is 287 g/mol. The number of nitrogens with zero attached hydrogens (tertiary/aromatic N) is 1. The van der Waals surface area contributed by atoms with Gasteiger partial charge in [0.2, 0.25) is 0 Å². The molecule has 0 heterocycles. The molecule has 0 radical (unpaired) electrons. The highest BCUT2D eigenvalue weighted by Crippen LogP contribution is 2.55. The van der Waals surface area contributed by atoms with E-state index in [4.69, 9.17) is 14.3 Å². The molecule has 1 N–H and O–H groups in total. The van der Waals surface area contributed by atoms with Crippen LogP contribution in [0.4, 0.5) is 0 Å². The van der Waals surface area contributed by atoms with Gasteiger partial charge in [0.25, 0.3) is 0 Å². The van der Waals surface area contributed by atoms with Crippen molar-refractivity contribution in [3.05, 3.63) is 0 Å². The van der Waals surface area contributed by atoms with Crippen LogP contribution in [0.25, 0.3) is 0 Å². The summed E-state index contributed by atoms with van der Waals surface area (Å²) in [5, 5.41) is 11.5. The first-order valence-electron chi connectivity index (χ1n) is 4.23. The normalized spacial score (nSPS) is 15.6. The van der Waals surface area contributed by atoms with Crippen molar-refractivity contribution in [1.29, 1.82) is 0 Å². The molecule has 0 bridgehead atoms. The minimum absolute atomic E-state index is 0.259. The van der Waals surface area contributed by atoms with Gasteiger partial charge in [0.1, 0.15) is 0 Å². The fourth-order valence-corrected chi connectivity index (χ4v) is 3.17. The van der Waals surface area contributed by atoms with E-state index >= 15 is 0 Å². The largest absolute Gasteiger partial charge is 0.411 e. The molecule has 0 saturated heterocycles. The van der Waals surface area contributed by atoms with Crippen LogP contribution in [-0.4, -0.2) is 28.7 Å². The molecule has 0 aromatic carbocycles. The highest BCUT2D eigenvalue weighted by Gasteiger charge is 2.35. The minimum atomic E-state index is -3.26. The maximum Gasteiger partial charge on any atom is 0.349 e. The SMILES string of the molecule is CCOP(=O)(OCC)[C@H](Br)/C(C)=N\O. The van der Waals surface area contributed by atoms with Crippen molar-refractivity contribution in [1.82, 2.24) is 0 Å². The van der Waals surface area contributed by atoms with E-state index in [0.717, 1.165) is 0 Å². The topological polar surface area (TPSA) is 68.1 Å². The lowest BCUT2D eigenvalue weighted by atomic mass is 10.5. The zero-order valence-corrected chi connectivity index (χ0v) is 10.9. The fraction of sp³-hybridized carbons (Fsp3) is 0.857. The Labute approximate surface area is 92.1 Å². The third kappa shape index (κ3) is 3.69. The number of hydrogen-bond acceptors (Lipinski definition) is 5. The lowest BCUT2D eigenvalue weighted by molar-refractivity contribution is 0.221. The second-order valence-corrected chi connectivity index (χ2v) is 6.19. The summed E-state index contributed by atoms with van der Waals surface area (Å²) < 4.78 is 21.4. The van der Waals surface area contributed by atoms with Crippen LogP contribution < -0.4 is 0 Å². The van der Waals surface area contributed by atoms with E-state index in [9.17, 15) is 4.57 Å². The van der Waals surface area contributed by atoms with Crippen LogP contribution in [0.5, 0.6) is 0 Å². The summed E-state index contributed by atoms with van der Waals surface area (Å²) >= 11 is 3.12. The first-order valence-corrected chi connectivity index (χ1v) is 6.76. The number of oxime groups is 1. The summed E-state index contributed by atoms with van der Waals surface area (Å²) in [4.78, 5) is 0. The molecule has 0 aromatic heterocycles. The van der Waals surface area contributed by atoms with Gasteiger partial charge in [-0.3, -0.25) is 4.57 Å². The second-order valence-electron chi connectivity index (χ2n) is 2.45. The molecule has 0 aliphatic carbocycles. The summed E-state index contributed by atoms with van der Waals surface area (Å²) in [6, 6.07) is 0. The summed E-state index contributed by atoms with van der Waals surface area (Å²) in [5.74, 6) is 0. The van der Waals surface area contributed by atoms with E-state index in [1.165, 1.54) is 6.92 Å². The van der Waals surface area contributed by atoms with Gasteiger partial charge in [-0.15, -0.1) is 0 Å². The molecule has 84 valence electrons. The van der Waals surface area contributed by atoms with Crippen LogP contribution in [0.1, 0.15) is 20.8 Å². The van der Waals surface area contributed by atoms with E-state index in [1.807, 2.05) is 0 Å². The molecule has 0 spiro atoms. The van der Waals surface area contributed by atoms with E-state index in [-0.39, 0.29) is 18.9 Å². The van der Waals surface area contributed by atoms with Gasteiger partial charge in [0, 0.05) is 0 Å². The Bertz CT molecular complexity index is 236. The Balaban J connectivity index is 4.72. The van der Waals surface area contributed by atoms with Gasteiger partial charge in [-0.1, -0.05) is 21.1 Å². The predicted molar refractivity (Wildman–Crippen MR) is 58.5 cm³/mol. The molecular weight excluding hydrogens is 273 g/mol. The van der Waals surface area contributed by atoms with Crippen LogP contribution in [0.2, 0.25) is 0 Å². The third-order valence-electron chi connectivity index (χ3n) is 1.40. The van der Waals surface area contributed by atoms with E-state index in [0.29, 0.717) is 0 Å². The zero-order chi connectivity index (χ0) is 11.2. The summed E-state index contributed by atoms with van der Waals surface area (Å²) in [6.45, 7) is 5.52. The lowest BCUT2D eigenvalue weighted by Crippen LogP contribution is -2.15. The Morgan fingerprint density at radius 1 is 1.50 bits per heavy atom. The van der Waals surface area contributed by atoms with Crippen molar-refractivity contribution in [2.24, 2.45) is 5.16 Å². The maximum atomic E-state index is 12.0. The van der Waals surface area contributed by atoms with E-state index < -0.39 is 12.2 Å². The van der Waals surface area contributed by atoms with Crippen LogP contribution in [-0.2, 0) is 13.6 Å². The van der Waals surface area contributed by atoms with Gasteiger partial charge in [-0.2, -0.15) is 0 Å². The predicted octanol–water partition coefficient (Wildman–Crippen LogP) is 2.82. The van der Waals surface area contributed by atoms with Gasteiger partial charge < -0.3 is 14.3 Å². The number of halogens is 1. The van der Waals surface area contributed by atoms with Crippen molar-refractivity contribution in [3.63, 3.8) is 0 Å². The van der Waals surface area contributed by atoms with Crippen LogP contribution in [0, 0.1) is 0 Å². The van der Waals surface area contributed by atoms with Gasteiger partial charge in [-0.25, -0.2) is 0 Å². The maximum absolute atomic E-state index is 12.0. The molecule has 7 heteroatoms. The van der Waals surface area contributed by atoms with Crippen molar-refractivity contribution in [2.45, 2.75) is 25.3 Å².